The third-order valence-corrected chi connectivity index (χ3v) is 3.61. The predicted molar refractivity (Wildman–Crippen MR) is 79.7 cm³/mol. The number of likely N-dealkylation sites (tertiary alicyclic amines) is 1. The van der Waals surface area contributed by atoms with Gasteiger partial charge in [0.25, 0.3) is 5.91 Å². The van der Waals surface area contributed by atoms with Crippen LogP contribution in [0.15, 0.2) is 22.7 Å². The van der Waals surface area contributed by atoms with E-state index in [0.717, 1.165) is 10.2 Å². The van der Waals surface area contributed by atoms with Gasteiger partial charge in [0.15, 0.2) is 0 Å². The van der Waals surface area contributed by atoms with Crippen molar-refractivity contribution in [2.45, 2.75) is 32.4 Å². The molecule has 5 nitrogen and oxygen atoms in total. The van der Waals surface area contributed by atoms with Crippen LogP contribution in [0.1, 0.15) is 20.3 Å². The van der Waals surface area contributed by atoms with Gasteiger partial charge in [0, 0.05) is 22.3 Å². The highest BCUT2D eigenvalue weighted by molar-refractivity contribution is 9.10. The van der Waals surface area contributed by atoms with E-state index in [1.165, 1.54) is 4.90 Å². The first-order chi connectivity index (χ1) is 9.42. The molecule has 1 atom stereocenters. The first-order valence-corrected chi connectivity index (χ1v) is 7.18. The van der Waals surface area contributed by atoms with Gasteiger partial charge in [-0.25, -0.2) is 0 Å². The number of carbonyl (C=O) groups excluding carboxylic acids is 2. The Balaban J connectivity index is 2.17. The Labute approximate surface area is 126 Å². The average Bonchev–Trinajstić information content (AvgIpc) is 2.63. The van der Waals surface area contributed by atoms with E-state index in [2.05, 4.69) is 21.2 Å². The summed E-state index contributed by atoms with van der Waals surface area (Å²) in [5.74, 6) is 0.368. The number of nitrogens with zero attached hydrogens (tertiary/aromatic N) is 1. The maximum atomic E-state index is 12.2. The molecular weight excluding hydrogens is 324 g/mol. The fraction of sp³-hybridized carbons (Fsp3) is 0.429. The van der Waals surface area contributed by atoms with Gasteiger partial charge in [-0.05, 0) is 26.0 Å². The highest BCUT2D eigenvalue weighted by Gasteiger charge is 2.39. The molecule has 0 aliphatic carbocycles. The van der Waals surface area contributed by atoms with E-state index < -0.39 is 6.04 Å². The summed E-state index contributed by atoms with van der Waals surface area (Å²) in [4.78, 5) is 25.4. The number of amides is 2. The molecule has 0 radical (unpaired) electrons. The number of methoxy groups -OCH3 is 1. The van der Waals surface area contributed by atoms with Crippen LogP contribution in [-0.4, -0.2) is 35.9 Å². The van der Waals surface area contributed by atoms with Crippen LogP contribution in [0.3, 0.4) is 0 Å². The molecule has 1 fully saturated rings. The minimum Gasteiger partial charge on any atom is -0.497 e. The number of halogens is 1. The monoisotopic (exact) mass is 340 g/mol. The quantitative estimate of drug-likeness (QED) is 0.855. The van der Waals surface area contributed by atoms with Crippen molar-refractivity contribution in [2.24, 2.45) is 0 Å². The minimum absolute atomic E-state index is 0.112. The topological polar surface area (TPSA) is 58.6 Å². The van der Waals surface area contributed by atoms with Crippen LogP contribution in [0.25, 0.3) is 0 Å². The lowest BCUT2D eigenvalue weighted by atomic mass is 10.2. The number of imide groups is 1. The molecule has 1 aromatic carbocycles. The number of hydrogen-bond acceptors (Lipinski definition) is 4. The SMILES string of the molecule is COc1cc(Br)cc(NC2CC(=O)N(C(C)C)C2=O)c1. The van der Waals surface area contributed by atoms with Gasteiger partial charge in [-0.15, -0.1) is 0 Å². The molecule has 1 aliphatic heterocycles. The van der Waals surface area contributed by atoms with Gasteiger partial charge >= 0.3 is 0 Å². The molecule has 1 saturated heterocycles. The first-order valence-electron chi connectivity index (χ1n) is 6.39. The number of benzene rings is 1. The standard InChI is InChI=1S/C14H17BrN2O3/c1-8(2)17-13(18)7-12(14(17)19)16-10-4-9(15)5-11(6-10)20-3/h4-6,8,12,16H,7H2,1-3H3. The second-order valence-electron chi connectivity index (χ2n) is 4.98. The van der Waals surface area contributed by atoms with E-state index in [1.54, 1.807) is 13.2 Å². The van der Waals surface area contributed by atoms with Crippen molar-refractivity contribution in [3.63, 3.8) is 0 Å². The summed E-state index contributed by atoms with van der Waals surface area (Å²) >= 11 is 3.38. The average molecular weight is 341 g/mol. The smallest absolute Gasteiger partial charge is 0.252 e. The Morgan fingerprint density at radius 1 is 1.35 bits per heavy atom. The number of rotatable bonds is 4. The molecule has 2 amide bonds. The zero-order valence-corrected chi connectivity index (χ0v) is 13.2. The molecule has 2 rings (SSSR count). The van der Waals surface area contributed by atoms with Gasteiger partial charge in [0.1, 0.15) is 11.8 Å². The van der Waals surface area contributed by atoms with Gasteiger partial charge in [-0.1, -0.05) is 15.9 Å². The number of hydrogen-bond donors (Lipinski definition) is 1. The third-order valence-electron chi connectivity index (χ3n) is 3.15. The summed E-state index contributed by atoms with van der Waals surface area (Å²) in [5, 5.41) is 3.10. The molecule has 0 saturated carbocycles. The molecule has 20 heavy (non-hydrogen) atoms. The number of carbonyl (C=O) groups is 2. The number of anilines is 1. The van der Waals surface area contributed by atoms with Crippen molar-refractivity contribution >= 4 is 33.4 Å². The lowest BCUT2D eigenvalue weighted by molar-refractivity contribution is -0.140. The van der Waals surface area contributed by atoms with Crippen LogP contribution >= 0.6 is 15.9 Å². The molecule has 1 aliphatic rings. The maximum absolute atomic E-state index is 12.2. The van der Waals surface area contributed by atoms with Crippen molar-refractivity contribution < 1.29 is 14.3 Å². The number of ether oxygens (including phenoxy) is 1. The lowest BCUT2D eigenvalue weighted by Crippen LogP contribution is -2.39. The van der Waals surface area contributed by atoms with Gasteiger partial charge < -0.3 is 10.1 Å². The fourth-order valence-electron chi connectivity index (χ4n) is 2.27. The molecule has 1 heterocycles. The Bertz CT molecular complexity index is 545. The molecule has 108 valence electrons. The van der Waals surface area contributed by atoms with Crippen LogP contribution < -0.4 is 10.1 Å². The van der Waals surface area contributed by atoms with Gasteiger partial charge in [0.2, 0.25) is 5.91 Å². The fourth-order valence-corrected chi connectivity index (χ4v) is 2.74. The molecule has 1 unspecified atom stereocenters. The molecule has 0 bridgehead atoms. The number of nitrogens with one attached hydrogen (secondary N) is 1. The summed E-state index contributed by atoms with van der Waals surface area (Å²) in [7, 11) is 1.58. The van der Waals surface area contributed by atoms with Gasteiger partial charge in [0.05, 0.1) is 13.5 Å². The Hall–Kier alpha value is -1.56. The van der Waals surface area contributed by atoms with E-state index >= 15 is 0 Å². The lowest BCUT2D eigenvalue weighted by Gasteiger charge is -2.19. The van der Waals surface area contributed by atoms with Gasteiger partial charge in [-0.2, -0.15) is 0 Å². The maximum Gasteiger partial charge on any atom is 0.252 e. The van der Waals surface area contributed by atoms with E-state index in [9.17, 15) is 9.59 Å². The van der Waals surface area contributed by atoms with Gasteiger partial charge in [-0.3, -0.25) is 14.5 Å². The largest absolute Gasteiger partial charge is 0.497 e. The molecule has 0 spiro atoms. The normalized spacial score (nSPS) is 18.9. The zero-order valence-electron chi connectivity index (χ0n) is 11.6. The van der Waals surface area contributed by atoms with Crippen LogP contribution in [-0.2, 0) is 9.59 Å². The Morgan fingerprint density at radius 3 is 2.60 bits per heavy atom. The summed E-state index contributed by atoms with van der Waals surface area (Å²) < 4.78 is 6.02. The summed E-state index contributed by atoms with van der Waals surface area (Å²) in [5.41, 5.74) is 0.744. The molecule has 1 aromatic rings. The molecular formula is C14H17BrN2O3. The summed E-state index contributed by atoms with van der Waals surface area (Å²) in [6, 6.07) is 4.84. The Kier molecular flexibility index (Phi) is 4.32. The molecule has 0 aromatic heterocycles. The minimum atomic E-state index is -0.510. The third kappa shape index (κ3) is 2.95. The van der Waals surface area contributed by atoms with Crippen LogP contribution in [0.5, 0.6) is 5.75 Å². The van der Waals surface area contributed by atoms with E-state index in [1.807, 2.05) is 26.0 Å². The Morgan fingerprint density at radius 2 is 2.05 bits per heavy atom. The second-order valence-corrected chi connectivity index (χ2v) is 5.89. The van der Waals surface area contributed by atoms with Crippen LogP contribution in [0.4, 0.5) is 5.69 Å². The summed E-state index contributed by atoms with van der Waals surface area (Å²) in [6.45, 7) is 3.67. The van der Waals surface area contributed by atoms with E-state index in [4.69, 9.17) is 4.74 Å². The molecule has 1 N–H and O–H groups in total. The van der Waals surface area contributed by atoms with Crippen molar-refractivity contribution in [2.75, 3.05) is 12.4 Å². The first kappa shape index (κ1) is 14.8. The van der Waals surface area contributed by atoms with Crippen LogP contribution in [0, 0.1) is 0 Å². The summed E-state index contributed by atoms with van der Waals surface area (Å²) in [6.07, 6.45) is 0.186. The predicted octanol–water partition coefficient (Wildman–Crippen LogP) is 2.41. The van der Waals surface area contributed by atoms with Crippen molar-refractivity contribution in [3.05, 3.63) is 22.7 Å². The van der Waals surface area contributed by atoms with Crippen molar-refractivity contribution in [3.8, 4) is 5.75 Å². The van der Waals surface area contributed by atoms with E-state index in [0.29, 0.717) is 5.75 Å². The second kappa shape index (κ2) is 5.83. The highest BCUT2D eigenvalue weighted by Crippen LogP contribution is 2.27. The van der Waals surface area contributed by atoms with E-state index in [-0.39, 0.29) is 24.3 Å². The van der Waals surface area contributed by atoms with Crippen LogP contribution in [0.2, 0.25) is 0 Å². The highest BCUT2D eigenvalue weighted by atomic mass is 79.9. The van der Waals surface area contributed by atoms with Crippen molar-refractivity contribution in [1.29, 1.82) is 0 Å². The zero-order chi connectivity index (χ0) is 14.9. The van der Waals surface area contributed by atoms with Crippen molar-refractivity contribution in [1.82, 2.24) is 4.90 Å². The molecule has 6 heteroatoms.